The molecule has 0 fully saturated rings. The molecule has 0 bridgehead atoms. The normalized spacial score (nSPS) is 13.1. The molecule has 1 aliphatic rings. The Kier molecular flexibility index (Phi) is 8.36. The molecular weight excluding hydrogens is 553 g/mol. The van der Waals surface area contributed by atoms with Crippen molar-refractivity contribution in [3.63, 3.8) is 0 Å². The number of nitrogens with zero attached hydrogens (tertiary/aromatic N) is 1. The van der Waals surface area contributed by atoms with Crippen LogP contribution >= 0.6 is 34.8 Å². The number of rotatable bonds is 8. The largest absolute Gasteiger partial charge is 0.462 e. The van der Waals surface area contributed by atoms with Crippen molar-refractivity contribution < 1.29 is 23.9 Å². The van der Waals surface area contributed by atoms with Crippen LogP contribution in [0, 0.1) is 0 Å². The number of hydrogen-bond acceptors (Lipinski definition) is 6. The molecule has 0 spiro atoms. The molecule has 0 saturated heterocycles. The van der Waals surface area contributed by atoms with Gasteiger partial charge in [0.1, 0.15) is 10.7 Å². The van der Waals surface area contributed by atoms with Crippen LogP contribution in [0.25, 0.3) is 0 Å². The molecule has 11 heteroatoms. The number of esters is 1. The Morgan fingerprint density at radius 3 is 2.32 bits per heavy atom. The maximum absolute atomic E-state index is 13.2. The number of hydrogen-bond donors (Lipinski definition) is 2. The van der Waals surface area contributed by atoms with Crippen molar-refractivity contribution in [2.24, 2.45) is 0 Å². The maximum Gasteiger partial charge on any atom is 0.340 e. The lowest BCUT2D eigenvalue weighted by atomic mass is 10.1. The number of ether oxygens (including phenoxy) is 1. The van der Waals surface area contributed by atoms with E-state index in [0.29, 0.717) is 33.4 Å². The summed E-state index contributed by atoms with van der Waals surface area (Å²) in [6, 6.07) is 17.0. The van der Waals surface area contributed by atoms with E-state index in [2.05, 4.69) is 10.6 Å². The van der Waals surface area contributed by atoms with Crippen LogP contribution in [0.1, 0.15) is 34.1 Å². The third-order valence-corrected chi connectivity index (χ3v) is 6.32. The SMILES string of the molecule is CCCOC(=O)c1ccccc1N1C(=O)C(Cl)=C(Nc2ccc(C(=O)Nc3ccc(Cl)cc3Cl)cc2)C1=O. The summed E-state index contributed by atoms with van der Waals surface area (Å²) in [7, 11) is 0. The summed E-state index contributed by atoms with van der Waals surface area (Å²) in [5, 5.41) is 5.92. The Labute approximate surface area is 233 Å². The van der Waals surface area contributed by atoms with Gasteiger partial charge in [-0.15, -0.1) is 0 Å². The second kappa shape index (κ2) is 11.7. The molecule has 3 aromatic carbocycles. The summed E-state index contributed by atoms with van der Waals surface area (Å²) >= 11 is 18.2. The van der Waals surface area contributed by atoms with Crippen molar-refractivity contribution >= 4 is 75.6 Å². The second-order valence-corrected chi connectivity index (χ2v) is 9.29. The first-order valence-electron chi connectivity index (χ1n) is 11.4. The molecule has 2 N–H and O–H groups in total. The smallest absolute Gasteiger partial charge is 0.340 e. The number of carbonyl (C=O) groups is 4. The minimum atomic E-state index is -0.786. The Morgan fingerprint density at radius 2 is 1.63 bits per heavy atom. The molecule has 194 valence electrons. The average Bonchev–Trinajstić information content (AvgIpc) is 3.12. The standard InChI is InChI=1S/C27H20Cl3N3O5/c1-2-13-38-27(37)18-5-3-4-6-21(18)33-25(35)22(30)23(26(33)36)31-17-10-7-15(8-11-17)24(34)32-20-12-9-16(28)14-19(20)29/h3-12,14,31H,2,13H2,1H3,(H,32,34). The van der Waals surface area contributed by atoms with E-state index in [1.54, 1.807) is 36.4 Å². The molecule has 1 aliphatic heterocycles. The van der Waals surface area contributed by atoms with Crippen molar-refractivity contribution in [2.75, 3.05) is 22.1 Å². The van der Waals surface area contributed by atoms with E-state index < -0.39 is 23.7 Å². The van der Waals surface area contributed by atoms with E-state index in [9.17, 15) is 19.2 Å². The average molecular weight is 573 g/mol. The van der Waals surface area contributed by atoms with Gasteiger partial charge in [0.25, 0.3) is 17.7 Å². The van der Waals surface area contributed by atoms with Gasteiger partial charge >= 0.3 is 5.97 Å². The molecule has 3 amide bonds. The molecule has 0 unspecified atom stereocenters. The van der Waals surface area contributed by atoms with Crippen LogP contribution in [0.3, 0.4) is 0 Å². The van der Waals surface area contributed by atoms with Gasteiger partial charge in [-0.2, -0.15) is 0 Å². The molecule has 0 saturated carbocycles. The van der Waals surface area contributed by atoms with Crippen LogP contribution in [0.15, 0.2) is 77.5 Å². The first-order valence-corrected chi connectivity index (χ1v) is 12.5. The van der Waals surface area contributed by atoms with Crippen LogP contribution < -0.4 is 15.5 Å². The van der Waals surface area contributed by atoms with E-state index in [1.165, 1.54) is 30.3 Å². The molecule has 3 aromatic rings. The molecule has 4 rings (SSSR count). The Hall–Kier alpha value is -3.85. The number of amides is 3. The highest BCUT2D eigenvalue weighted by Gasteiger charge is 2.40. The van der Waals surface area contributed by atoms with Gasteiger partial charge in [0.05, 0.1) is 28.6 Å². The van der Waals surface area contributed by atoms with E-state index in [4.69, 9.17) is 39.5 Å². The number of nitrogens with one attached hydrogen (secondary N) is 2. The lowest BCUT2D eigenvalue weighted by Crippen LogP contribution is -2.33. The highest BCUT2D eigenvalue weighted by Crippen LogP contribution is 2.33. The fraction of sp³-hybridized carbons (Fsp3) is 0.111. The van der Waals surface area contributed by atoms with Crippen molar-refractivity contribution in [3.8, 4) is 0 Å². The monoisotopic (exact) mass is 571 g/mol. The number of carbonyl (C=O) groups excluding carboxylic acids is 4. The second-order valence-electron chi connectivity index (χ2n) is 8.07. The van der Waals surface area contributed by atoms with Gasteiger partial charge in [-0.05, 0) is 61.0 Å². The van der Waals surface area contributed by atoms with E-state index in [-0.39, 0.29) is 28.6 Å². The van der Waals surface area contributed by atoms with Crippen molar-refractivity contribution in [3.05, 3.63) is 98.6 Å². The molecule has 0 aliphatic carbocycles. The number of imide groups is 1. The summed E-state index contributed by atoms with van der Waals surface area (Å²) in [6.45, 7) is 2.05. The summed E-state index contributed by atoms with van der Waals surface area (Å²) < 4.78 is 5.18. The molecule has 8 nitrogen and oxygen atoms in total. The van der Waals surface area contributed by atoms with Crippen molar-refractivity contribution in [1.29, 1.82) is 0 Å². The predicted octanol–water partition coefficient (Wildman–Crippen LogP) is 6.25. The first kappa shape index (κ1) is 27.2. The predicted molar refractivity (Wildman–Crippen MR) is 147 cm³/mol. The van der Waals surface area contributed by atoms with Gasteiger partial charge < -0.3 is 15.4 Å². The maximum atomic E-state index is 13.2. The van der Waals surface area contributed by atoms with Gasteiger partial charge in [0, 0.05) is 16.3 Å². The third kappa shape index (κ3) is 5.67. The van der Waals surface area contributed by atoms with Crippen LogP contribution in [0.4, 0.5) is 17.1 Å². The first-order chi connectivity index (χ1) is 18.2. The minimum absolute atomic E-state index is 0.0597. The van der Waals surface area contributed by atoms with E-state index in [0.717, 1.165) is 4.90 Å². The Bertz CT molecular complexity index is 1470. The summed E-state index contributed by atoms with van der Waals surface area (Å²) in [6.07, 6.45) is 0.617. The zero-order valence-corrected chi connectivity index (χ0v) is 22.2. The molecule has 0 radical (unpaired) electrons. The minimum Gasteiger partial charge on any atom is -0.462 e. The van der Waals surface area contributed by atoms with Crippen LogP contribution in [0.5, 0.6) is 0 Å². The molecule has 0 atom stereocenters. The van der Waals surface area contributed by atoms with E-state index in [1.807, 2.05) is 6.92 Å². The van der Waals surface area contributed by atoms with Gasteiger partial charge in [0.15, 0.2) is 0 Å². The lowest BCUT2D eigenvalue weighted by molar-refractivity contribution is -0.120. The van der Waals surface area contributed by atoms with Gasteiger partial charge in [0.2, 0.25) is 0 Å². The number of benzene rings is 3. The molecule has 38 heavy (non-hydrogen) atoms. The topological polar surface area (TPSA) is 105 Å². The zero-order valence-electron chi connectivity index (χ0n) is 19.9. The highest BCUT2D eigenvalue weighted by molar-refractivity contribution is 6.53. The summed E-state index contributed by atoms with van der Waals surface area (Å²) in [4.78, 5) is 52.1. The highest BCUT2D eigenvalue weighted by atomic mass is 35.5. The summed E-state index contributed by atoms with van der Waals surface area (Å²) in [5.74, 6) is -2.60. The van der Waals surface area contributed by atoms with Gasteiger partial charge in [-0.3, -0.25) is 14.4 Å². The van der Waals surface area contributed by atoms with Crippen LogP contribution in [-0.2, 0) is 14.3 Å². The van der Waals surface area contributed by atoms with Gasteiger partial charge in [-0.25, -0.2) is 9.69 Å². The molecule has 1 heterocycles. The fourth-order valence-corrected chi connectivity index (χ4v) is 4.25. The van der Waals surface area contributed by atoms with Crippen molar-refractivity contribution in [2.45, 2.75) is 13.3 Å². The number of halogens is 3. The number of anilines is 3. The zero-order chi connectivity index (χ0) is 27.4. The van der Waals surface area contributed by atoms with Crippen LogP contribution in [0.2, 0.25) is 10.0 Å². The molecule has 0 aromatic heterocycles. The summed E-state index contributed by atoms with van der Waals surface area (Å²) in [5.41, 5.74) is 1.07. The third-order valence-electron chi connectivity index (χ3n) is 5.43. The Morgan fingerprint density at radius 1 is 0.921 bits per heavy atom. The van der Waals surface area contributed by atoms with Crippen LogP contribution in [-0.4, -0.2) is 30.3 Å². The fourth-order valence-electron chi connectivity index (χ4n) is 3.58. The number of para-hydroxylation sites is 1. The van der Waals surface area contributed by atoms with Crippen molar-refractivity contribution in [1.82, 2.24) is 0 Å². The van der Waals surface area contributed by atoms with Gasteiger partial charge in [-0.1, -0.05) is 53.9 Å². The quantitative estimate of drug-likeness (QED) is 0.244. The van der Waals surface area contributed by atoms with E-state index >= 15 is 0 Å². The Balaban J connectivity index is 1.50. The lowest BCUT2D eigenvalue weighted by Gasteiger charge is -2.18. The molecular formula is C27H20Cl3N3O5.